The van der Waals surface area contributed by atoms with E-state index in [0.29, 0.717) is 65.2 Å². The molecular formula is C27H24ClNO7. The quantitative estimate of drug-likeness (QED) is 0.349. The fourth-order valence-electron chi connectivity index (χ4n) is 5.11. The fourth-order valence-corrected chi connectivity index (χ4v) is 5.39. The maximum absolute atomic E-state index is 13.0. The normalized spacial score (nSPS) is 17.9. The van der Waals surface area contributed by atoms with Crippen LogP contribution < -0.4 is 9.47 Å². The topological polar surface area (TPSA) is 105 Å². The van der Waals surface area contributed by atoms with Gasteiger partial charge < -0.3 is 14.2 Å². The van der Waals surface area contributed by atoms with Gasteiger partial charge in [-0.25, -0.2) is 0 Å². The van der Waals surface area contributed by atoms with Crippen LogP contribution in [-0.2, 0) is 20.9 Å². The van der Waals surface area contributed by atoms with Gasteiger partial charge >= 0.3 is 0 Å². The van der Waals surface area contributed by atoms with Gasteiger partial charge in [0.15, 0.2) is 23.1 Å². The summed E-state index contributed by atoms with van der Waals surface area (Å²) in [4.78, 5) is 36.7. The van der Waals surface area contributed by atoms with E-state index in [-0.39, 0.29) is 34.6 Å². The van der Waals surface area contributed by atoms with Crippen molar-refractivity contribution in [3.8, 4) is 11.5 Å². The van der Waals surface area contributed by atoms with Gasteiger partial charge in [-0.2, -0.15) is 0 Å². The SMILES string of the molecule is COc1cc(C2C3=C(CCCC3=O)OC3=C2C(=O)CCC3)cc(Cl)c1OCc1cccc([N+](=O)[O-])c1. The number of carbonyl (C=O) groups excluding carboxylic acids is 2. The zero-order valence-electron chi connectivity index (χ0n) is 19.7. The van der Waals surface area contributed by atoms with Crippen LogP contribution in [0.15, 0.2) is 59.1 Å². The number of nitro groups is 1. The standard InChI is InChI=1S/C27H24ClNO7/c1-34-23-13-16(12-18(28)27(23)35-14-15-5-2-6-17(11-15)29(32)33)24-25-19(30)7-3-9-21(25)36-22-10-4-8-20(31)26(22)24/h2,5-6,11-13,24H,3-4,7-10,14H2,1H3. The number of non-ortho nitro benzene ring substituents is 1. The molecule has 1 aliphatic heterocycles. The predicted molar refractivity (Wildman–Crippen MR) is 131 cm³/mol. The molecule has 0 unspecified atom stereocenters. The second-order valence-corrected chi connectivity index (χ2v) is 9.42. The van der Waals surface area contributed by atoms with Gasteiger partial charge in [-0.15, -0.1) is 0 Å². The van der Waals surface area contributed by atoms with Crippen molar-refractivity contribution in [2.24, 2.45) is 0 Å². The summed E-state index contributed by atoms with van der Waals surface area (Å²) in [7, 11) is 1.48. The lowest BCUT2D eigenvalue weighted by Gasteiger charge is -2.36. The number of carbonyl (C=O) groups is 2. The molecule has 0 amide bonds. The van der Waals surface area contributed by atoms with E-state index in [1.54, 1.807) is 24.3 Å². The van der Waals surface area contributed by atoms with Gasteiger partial charge in [0, 0.05) is 54.9 Å². The highest BCUT2D eigenvalue weighted by Crippen LogP contribution is 2.50. The van der Waals surface area contributed by atoms with Crippen molar-refractivity contribution in [2.45, 2.75) is 51.0 Å². The number of ether oxygens (including phenoxy) is 3. The number of nitrogens with zero attached hydrogens (tertiary/aromatic N) is 1. The Balaban J connectivity index is 1.53. The molecule has 1 heterocycles. The fraction of sp³-hybridized carbons (Fsp3) is 0.333. The van der Waals surface area contributed by atoms with Gasteiger partial charge in [0.2, 0.25) is 0 Å². The van der Waals surface area contributed by atoms with Crippen LogP contribution >= 0.6 is 11.6 Å². The molecule has 0 aromatic heterocycles. The number of rotatable bonds is 6. The summed E-state index contributed by atoms with van der Waals surface area (Å²) >= 11 is 6.66. The maximum atomic E-state index is 13.0. The van der Waals surface area contributed by atoms with E-state index in [1.807, 2.05) is 0 Å². The van der Waals surface area contributed by atoms with Crippen molar-refractivity contribution in [3.05, 3.63) is 85.3 Å². The van der Waals surface area contributed by atoms with Gasteiger partial charge in [-0.1, -0.05) is 23.7 Å². The molecular weight excluding hydrogens is 486 g/mol. The molecule has 0 radical (unpaired) electrons. The van der Waals surface area contributed by atoms with E-state index in [4.69, 9.17) is 25.8 Å². The first-order chi connectivity index (χ1) is 17.4. The Kier molecular flexibility index (Phi) is 6.53. The number of ketones is 2. The first-order valence-electron chi connectivity index (χ1n) is 11.8. The van der Waals surface area contributed by atoms with Gasteiger partial charge in [-0.05, 0) is 36.1 Å². The van der Waals surface area contributed by atoms with Gasteiger partial charge in [0.05, 0.1) is 17.1 Å². The number of allylic oxidation sites excluding steroid dienone is 4. The van der Waals surface area contributed by atoms with Crippen LogP contribution in [-0.4, -0.2) is 23.6 Å². The third kappa shape index (κ3) is 4.37. The Morgan fingerprint density at radius 1 is 1.03 bits per heavy atom. The van der Waals surface area contributed by atoms with E-state index in [0.717, 1.165) is 12.8 Å². The Bertz CT molecular complexity index is 1300. The lowest BCUT2D eigenvalue weighted by atomic mass is 9.73. The lowest BCUT2D eigenvalue weighted by Crippen LogP contribution is -2.30. The van der Waals surface area contributed by atoms with E-state index in [1.165, 1.54) is 19.2 Å². The van der Waals surface area contributed by atoms with E-state index in [9.17, 15) is 19.7 Å². The molecule has 8 nitrogen and oxygen atoms in total. The molecule has 3 aliphatic rings. The molecule has 2 aliphatic carbocycles. The first-order valence-corrected chi connectivity index (χ1v) is 12.2. The minimum Gasteiger partial charge on any atom is -0.493 e. The second-order valence-electron chi connectivity index (χ2n) is 9.01. The minimum atomic E-state index is -0.568. The molecule has 0 spiro atoms. The Labute approximate surface area is 212 Å². The largest absolute Gasteiger partial charge is 0.493 e. The third-order valence-corrected chi connectivity index (χ3v) is 7.01. The van der Waals surface area contributed by atoms with Crippen LogP contribution in [0.5, 0.6) is 11.5 Å². The average molecular weight is 510 g/mol. The predicted octanol–water partition coefficient (Wildman–Crippen LogP) is 5.96. The van der Waals surface area contributed by atoms with E-state index in [2.05, 4.69) is 0 Å². The van der Waals surface area contributed by atoms with Crippen LogP contribution in [0.3, 0.4) is 0 Å². The number of hydrogen-bond donors (Lipinski definition) is 0. The lowest BCUT2D eigenvalue weighted by molar-refractivity contribution is -0.384. The van der Waals surface area contributed by atoms with E-state index >= 15 is 0 Å². The highest BCUT2D eigenvalue weighted by molar-refractivity contribution is 6.32. The Morgan fingerprint density at radius 3 is 2.31 bits per heavy atom. The number of Topliss-reactive ketones (excluding diaryl/α,β-unsaturated/α-hetero) is 2. The minimum absolute atomic E-state index is 0.0211. The molecule has 186 valence electrons. The Hall–Kier alpha value is -3.65. The Morgan fingerprint density at radius 2 is 1.69 bits per heavy atom. The molecule has 0 saturated heterocycles. The van der Waals surface area contributed by atoms with Crippen LogP contribution in [0.4, 0.5) is 5.69 Å². The zero-order valence-corrected chi connectivity index (χ0v) is 20.4. The zero-order chi connectivity index (χ0) is 25.4. The summed E-state index contributed by atoms with van der Waals surface area (Å²) in [6, 6.07) is 9.58. The van der Waals surface area contributed by atoms with Crippen molar-refractivity contribution in [1.82, 2.24) is 0 Å². The van der Waals surface area contributed by atoms with Crippen LogP contribution in [0.2, 0.25) is 5.02 Å². The number of hydrogen-bond acceptors (Lipinski definition) is 7. The number of nitro benzene ring substituents is 1. The summed E-state index contributed by atoms with van der Waals surface area (Å²) in [6.07, 6.45) is 3.55. The number of methoxy groups -OCH3 is 1. The van der Waals surface area contributed by atoms with Crippen molar-refractivity contribution >= 4 is 28.9 Å². The monoisotopic (exact) mass is 509 g/mol. The van der Waals surface area contributed by atoms with Crippen molar-refractivity contribution in [3.63, 3.8) is 0 Å². The summed E-state index contributed by atoms with van der Waals surface area (Å²) in [5.41, 5.74) is 2.28. The van der Waals surface area contributed by atoms with Crippen molar-refractivity contribution in [2.75, 3.05) is 7.11 Å². The summed E-state index contributed by atoms with van der Waals surface area (Å²) < 4.78 is 17.6. The van der Waals surface area contributed by atoms with Gasteiger partial charge in [0.25, 0.3) is 5.69 Å². The van der Waals surface area contributed by atoms with Crippen molar-refractivity contribution < 1.29 is 28.7 Å². The second kappa shape index (κ2) is 9.78. The van der Waals surface area contributed by atoms with Crippen LogP contribution in [0.1, 0.15) is 55.6 Å². The highest BCUT2D eigenvalue weighted by atomic mass is 35.5. The highest BCUT2D eigenvalue weighted by Gasteiger charge is 2.42. The molecule has 2 aromatic rings. The summed E-state index contributed by atoms with van der Waals surface area (Å²) in [5, 5.41) is 11.3. The maximum Gasteiger partial charge on any atom is 0.269 e. The third-order valence-electron chi connectivity index (χ3n) is 6.73. The summed E-state index contributed by atoms with van der Waals surface area (Å²) in [5.74, 6) is 1.29. The molecule has 5 rings (SSSR count). The average Bonchev–Trinajstić information content (AvgIpc) is 2.87. The molecule has 0 atom stereocenters. The van der Waals surface area contributed by atoms with Crippen molar-refractivity contribution in [1.29, 1.82) is 0 Å². The smallest absolute Gasteiger partial charge is 0.269 e. The van der Waals surface area contributed by atoms with Gasteiger partial charge in [0.1, 0.15) is 18.1 Å². The number of halogens is 1. The molecule has 0 saturated carbocycles. The molecule has 2 aromatic carbocycles. The molecule has 36 heavy (non-hydrogen) atoms. The number of benzene rings is 2. The molecule has 0 fully saturated rings. The van der Waals surface area contributed by atoms with E-state index < -0.39 is 10.8 Å². The van der Waals surface area contributed by atoms with Crippen LogP contribution in [0.25, 0.3) is 0 Å². The van der Waals surface area contributed by atoms with Gasteiger partial charge in [-0.3, -0.25) is 19.7 Å². The molecule has 0 N–H and O–H groups in total. The van der Waals surface area contributed by atoms with Crippen LogP contribution in [0, 0.1) is 10.1 Å². The molecule has 0 bridgehead atoms. The summed E-state index contributed by atoms with van der Waals surface area (Å²) in [6.45, 7) is 0.0376. The molecule has 9 heteroatoms. The first kappa shape index (κ1) is 24.1.